The molecule has 1 unspecified atom stereocenters. The molecule has 0 aliphatic carbocycles. The average Bonchev–Trinajstić information content (AvgIpc) is 3.01. The molecule has 10 heteroatoms. The highest BCUT2D eigenvalue weighted by molar-refractivity contribution is 6.31. The molecule has 2 aliphatic heterocycles. The minimum Gasteiger partial charge on any atom is -0.350 e. The Morgan fingerprint density at radius 2 is 2.16 bits per heavy atom. The minimum absolute atomic E-state index is 0. The predicted molar refractivity (Wildman–Crippen MR) is 115 cm³/mol. The largest absolute Gasteiger partial charge is 0.350 e. The molecule has 31 heavy (non-hydrogen) atoms. The van der Waals surface area contributed by atoms with Crippen LogP contribution >= 0.6 is 11.6 Å². The SMILES string of the molecule is C.CCC(=O)C1CNC(=O)c2c3c(nn2C1)CCN(C(=O)Nc1ccc(F)c(Cl)c1)C3. The van der Waals surface area contributed by atoms with E-state index >= 15 is 0 Å². The number of rotatable bonds is 3. The molecule has 1 atom stereocenters. The third kappa shape index (κ3) is 4.41. The fourth-order valence-corrected chi connectivity index (χ4v) is 4.02. The molecule has 3 amide bonds. The number of carbonyl (C=O) groups excluding carboxylic acids is 3. The van der Waals surface area contributed by atoms with Crippen molar-refractivity contribution in [3.05, 3.63) is 46.0 Å². The number of urea groups is 1. The second-order valence-electron chi connectivity index (χ2n) is 7.41. The van der Waals surface area contributed by atoms with Gasteiger partial charge in [0, 0.05) is 37.2 Å². The number of aromatic nitrogens is 2. The van der Waals surface area contributed by atoms with Crippen LogP contribution in [0.25, 0.3) is 0 Å². The fourth-order valence-electron chi connectivity index (χ4n) is 3.84. The van der Waals surface area contributed by atoms with Crippen LogP contribution in [0.2, 0.25) is 5.02 Å². The smallest absolute Gasteiger partial charge is 0.322 e. The first-order chi connectivity index (χ1) is 14.4. The summed E-state index contributed by atoms with van der Waals surface area (Å²) in [7, 11) is 0. The summed E-state index contributed by atoms with van der Waals surface area (Å²) < 4.78 is 14.9. The minimum atomic E-state index is -0.564. The number of ketones is 1. The van der Waals surface area contributed by atoms with Crippen LogP contribution in [-0.4, -0.2) is 45.5 Å². The van der Waals surface area contributed by atoms with E-state index in [-0.39, 0.29) is 49.2 Å². The molecule has 0 saturated carbocycles. The molecular formula is C21H25ClFN5O3. The van der Waals surface area contributed by atoms with Gasteiger partial charge in [0.2, 0.25) is 0 Å². The van der Waals surface area contributed by atoms with Gasteiger partial charge in [-0.15, -0.1) is 0 Å². The third-order valence-corrected chi connectivity index (χ3v) is 5.77. The molecule has 0 radical (unpaired) electrons. The second-order valence-corrected chi connectivity index (χ2v) is 7.82. The molecule has 0 fully saturated rings. The van der Waals surface area contributed by atoms with Crippen LogP contribution in [-0.2, 0) is 24.3 Å². The van der Waals surface area contributed by atoms with E-state index in [0.717, 1.165) is 5.69 Å². The summed E-state index contributed by atoms with van der Waals surface area (Å²) in [5.74, 6) is -1.09. The molecule has 2 aliphatic rings. The van der Waals surface area contributed by atoms with Crippen molar-refractivity contribution in [1.82, 2.24) is 20.0 Å². The van der Waals surface area contributed by atoms with Crippen molar-refractivity contribution in [1.29, 1.82) is 0 Å². The summed E-state index contributed by atoms with van der Waals surface area (Å²) in [4.78, 5) is 39.1. The lowest BCUT2D eigenvalue weighted by Gasteiger charge is -2.27. The lowest BCUT2D eigenvalue weighted by Crippen LogP contribution is -2.39. The Bertz CT molecular complexity index is 1040. The highest BCUT2D eigenvalue weighted by atomic mass is 35.5. The molecule has 4 rings (SSSR count). The molecule has 2 aromatic rings. The van der Waals surface area contributed by atoms with Gasteiger partial charge < -0.3 is 15.5 Å². The van der Waals surface area contributed by atoms with Crippen LogP contribution in [0.3, 0.4) is 0 Å². The van der Waals surface area contributed by atoms with Gasteiger partial charge in [-0.05, 0) is 18.2 Å². The number of hydrogen-bond acceptors (Lipinski definition) is 4. The number of amides is 3. The lowest BCUT2D eigenvalue weighted by molar-refractivity contribution is -0.122. The van der Waals surface area contributed by atoms with Gasteiger partial charge in [-0.2, -0.15) is 5.10 Å². The zero-order chi connectivity index (χ0) is 21.4. The Balaban J connectivity index is 0.00000272. The number of benzene rings is 1. The van der Waals surface area contributed by atoms with E-state index < -0.39 is 5.82 Å². The van der Waals surface area contributed by atoms with E-state index in [1.807, 2.05) is 0 Å². The zero-order valence-electron chi connectivity index (χ0n) is 16.4. The Kier molecular flexibility index (Phi) is 6.64. The van der Waals surface area contributed by atoms with Gasteiger partial charge in [0.05, 0.1) is 29.7 Å². The molecule has 1 aromatic heterocycles. The fraction of sp³-hybridized carbons (Fsp3) is 0.429. The topological polar surface area (TPSA) is 96.3 Å². The summed E-state index contributed by atoms with van der Waals surface area (Å²) in [6.45, 7) is 3.05. The zero-order valence-corrected chi connectivity index (χ0v) is 17.1. The maximum absolute atomic E-state index is 13.3. The number of hydrogen-bond donors (Lipinski definition) is 2. The number of Topliss-reactive ketones (excluding diaryl/α,β-unsaturated/α-hetero) is 1. The van der Waals surface area contributed by atoms with Crippen molar-refractivity contribution in [3.63, 3.8) is 0 Å². The molecule has 1 aromatic carbocycles. The number of nitrogens with zero attached hydrogens (tertiary/aromatic N) is 3. The maximum Gasteiger partial charge on any atom is 0.322 e. The molecule has 2 N–H and O–H groups in total. The highest BCUT2D eigenvalue weighted by Crippen LogP contribution is 2.26. The average molecular weight is 450 g/mol. The van der Waals surface area contributed by atoms with Gasteiger partial charge >= 0.3 is 6.03 Å². The van der Waals surface area contributed by atoms with Gasteiger partial charge in [-0.3, -0.25) is 14.3 Å². The summed E-state index contributed by atoms with van der Waals surface area (Å²) in [6, 6.07) is 3.58. The van der Waals surface area contributed by atoms with Gasteiger partial charge in [-0.1, -0.05) is 26.0 Å². The predicted octanol–water partition coefficient (Wildman–Crippen LogP) is 3.24. The van der Waals surface area contributed by atoms with Crippen molar-refractivity contribution in [2.75, 3.05) is 18.4 Å². The molecule has 0 spiro atoms. The monoisotopic (exact) mass is 449 g/mol. The van der Waals surface area contributed by atoms with E-state index in [1.54, 1.807) is 16.5 Å². The van der Waals surface area contributed by atoms with Crippen molar-refractivity contribution >= 4 is 35.0 Å². The molecule has 3 heterocycles. The normalized spacial score (nSPS) is 17.6. The molecule has 0 bridgehead atoms. The maximum atomic E-state index is 13.3. The molecule has 8 nitrogen and oxygen atoms in total. The van der Waals surface area contributed by atoms with Crippen molar-refractivity contribution in [2.24, 2.45) is 5.92 Å². The Labute approximate surface area is 184 Å². The number of carbonyl (C=O) groups is 3. The molecular weight excluding hydrogens is 425 g/mol. The van der Waals surface area contributed by atoms with E-state index in [1.165, 1.54) is 18.2 Å². The van der Waals surface area contributed by atoms with Crippen LogP contribution in [0.5, 0.6) is 0 Å². The standard InChI is InChI=1S/C20H21ClFN5O3.CH4/c1-2-17(28)11-8-23-19(29)18-13-10-26(6-5-16(13)25-27(18)9-11)20(30)24-12-3-4-15(22)14(21)7-12;/h3-4,7,11H,2,5-6,8-10H2,1H3,(H,23,29)(H,24,30);1H4. The van der Waals surface area contributed by atoms with E-state index in [2.05, 4.69) is 15.7 Å². The Morgan fingerprint density at radius 3 is 2.87 bits per heavy atom. The van der Waals surface area contributed by atoms with Crippen LogP contribution in [0.1, 0.15) is 42.5 Å². The van der Waals surface area contributed by atoms with Gasteiger partial charge in [0.1, 0.15) is 17.3 Å². The highest BCUT2D eigenvalue weighted by Gasteiger charge is 2.34. The van der Waals surface area contributed by atoms with Crippen LogP contribution < -0.4 is 10.6 Å². The summed E-state index contributed by atoms with van der Waals surface area (Å²) in [6.07, 6.45) is 0.894. The Hall–Kier alpha value is -2.94. The number of nitrogens with one attached hydrogen (secondary N) is 2. The number of fused-ring (bicyclic) bond motifs is 3. The van der Waals surface area contributed by atoms with Crippen molar-refractivity contribution < 1.29 is 18.8 Å². The van der Waals surface area contributed by atoms with Crippen LogP contribution in [0, 0.1) is 11.7 Å². The van der Waals surface area contributed by atoms with Crippen LogP contribution in [0.15, 0.2) is 18.2 Å². The van der Waals surface area contributed by atoms with Crippen molar-refractivity contribution in [3.8, 4) is 0 Å². The second kappa shape index (κ2) is 9.05. The van der Waals surface area contributed by atoms with Gasteiger partial charge in [-0.25, -0.2) is 9.18 Å². The molecule has 166 valence electrons. The van der Waals surface area contributed by atoms with Gasteiger partial charge in [0.25, 0.3) is 5.91 Å². The third-order valence-electron chi connectivity index (χ3n) is 5.48. The lowest BCUT2D eigenvalue weighted by atomic mass is 10.0. The first-order valence-corrected chi connectivity index (χ1v) is 10.2. The van der Waals surface area contributed by atoms with E-state index in [4.69, 9.17) is 11.6 Å². The van der Waals surface area contributed by atoms with E-state index in [9.17, 15) is 18.8 Å². The summed E-state index contributed by atoms with van der Waals surface area (Å²) >= 11 is 5.77. The first kappa shape index (κ1) is 22.7. The number of anilines is 1. The Morgan fingerprint density at radius 1 is 1.39 bits per heavy atom. The van der Waals surface area contributed by atoms with E-state index in [0.29, 0.717) is 42.9 Å². The van der Waals surface area contributed by atoms with Gasteiger partial charge in [0.15, 0.2) is 0 Å². The summed E-state index contributed by atoms with van der Waals surface area (Å²) in [5.41, 5.74) is 2.23. The number of halogens is 2. The quantitative estimate of drug-likeness (QED) is 0.751. The van der Waals surface area contributed by atoms with Crippen LogP contribution in [0.4, 0.5) is 14.9 Å². The first-order valence-electron chi connectivity index (χ1n) is 9.77. The van der Waals surface area contributed by atoms with Crippen molar-refractivity contribution in [2.45, 2.75) is 40.3 Å². The molecule has 0 saturated heterocycles. The summed E-state index contributed by atoms with van der Waals surface area (Å²) in [5, 5.41) is 9.98.